The number of nitrogens with one attached hydrogen (secondary N) is 2. The lowest BCUT2D eigenvalue weighted by molar-refractivity contribution is 0.417. The molecule has 0 bridgehead atoms. The maximum atomic E-state index is 5.48. The van der Waals surface area contributed by atoms with Crippen molar-refractivity contribution in [2.24, 2.45) is 0 Å². The Bertz CT molecular complexity index is 1040. The Morgan fingerprint density at radius 2 is 2.04 bits per heavy atom. The summed E-state index contributed by atoms with van der Waals surface area (Å²) >= 11 is 3.23. The van der Waals surface area contributed by atoms with E-state index in [1.807, 2.05) is 43.5 Å². The van der Waals surface area contributed by atoms with E-state index in [0.29, 0.717) is 0 Å². The molecule has 4 aromatic rings. The van der Waals surface area contributed by atoms with Crippen LogP contribution in [0.5, 0.6) is 5.75 Å². The summed E-state index contributed by atoms with van der Waals surface area (Å²) < 4.78 is 5.48. The van der Waals surface area contributed by atoms with Crippen LogP contribution in [0.3, 0.4) is 0 Å². The topological polar surface area (TPSA) is 75.7 Å². The van der Waals surface area contributed by atoms with Gasteiger partial charge in [-0.05, 0) is 38.1 Å². The van der Waals surface area contributed by atoms with Gasteiger partial charge in [0.25, 0.3) is 0 Å². The molecule has 0 unspecified atom stereocenters. The molecule has 4 rings (SSSR count). The zero-order valence-electron chi connectivity index (χ0n) is 14.5. The van der Waals surface area contributed by atoms with Crippen LogP contribution in [-0.2, 0) is 0 Å². The van der Waals surface area contributed by atoms with Gasteiger partial charge in [0.05, 0.1) is 39.8 Å². The van der Waals surface area contributed by atoms with E-state index in [0.717, 1.165) is 49.1 Å². The number of hydrogen-bond acceptors (Lipinski definition) is 7. The molecule has 0 saturated heterocycles. The van der Waals surface area contributed by atoms with Crippen LogP contribution in [0.15, 0.2) is 35.8 Å². The molecule has 0 saturated carbocycles. The van der Waals surface area contributed by atoms with Gasteiger partial charge in [0.15, 0.2) is 5.13 Å². The maximum absolute atomic E-state index is 5.48. The van der Waals surface area contributed by atoms with Gasteiger partial charge in [-0.3, -0.25) is 5.10 Å². The predicted molar refractivity (Wildman–Crippen MR) is 107 cm³/mol. The van der Waals surface area contributed by atoms with E-state index in [2.05, 4.69) is 20.5 Å². The molecule has 3 aromatic heterocycles. The third-order valence-electron chi connectivity index (χ3n) is 3.89. The highest BCUT2D eigenvalue weighted by atomic mass is 32.1. The van der Waals surface area contributed by atoms with Crippen molar-refractivity contribution in [2.45, 2.75) is 13.8 Å². The van der Waals surface area contributed by atoms with Crippen molar-refractivity contribution in [3.05, 3.63) is 46.5 Å². The Labute approximate surface area is 158 Å². The minimum Gasteiger partial charge on any atom is -0.495 e. The highest BCUT2D eigenvalue weighted by Gasteiger charge is 2.13. The molecular weight excluding hydrogens is 366 g/mol. The second-order valence-electron chi connectivity index (χ2n) is 5.70. The Kier molecular flexibility index (Phi) is 4.44. The van der Waals surface area contributed by atoms with Crippen LogP contribution in [-0.4, -0.2) is 27.3 Å². The van der Waals surface area contributed by atoms with Crippen LogP contribution in [0.1, 0.15) is 10.7 Å². The zero-order chi connectivity index (χ0) is 18.1. The number of ether oxygens (including phenoxy) is 1. The van der Waals surface area contributed by atoms with E-state index >= 15 is 0 Å². The third kappa shape index (κ3) is 3.21. The summed E-state index contributed by atoms with van der Waals surface area (Å²) in [6, 6.07) is 7.88. The summed E-state index contributed by atoms with van der Waals surface area (Å²) in [6.07, 6.45) is 1.74. The number of aromatic nitrogens is 4. The van der Waals surface area contributed by atoms with Crippen molar-refractivity contribution in [1.82, 2.24) is 20.2 Å². The smallest absolute Gasteiger partial charge is 0.187 e. The lowest BCUT2D eigenvalue weighted by Crippen LogP contribution is -1.95. The molecule has 0 aliphatic heterocycles. The van der Waals surface area contributed by atoms with Gasteiger partial charge in [-0.15, -0.1) is 22.7 Å². The van der Waals surface area contributed by atoms with Crippen molar-refractivity contribution in [2.75, 3.05) is 12.4 Å². The third-order valence-corrected chi connectivity index (χ3v) is 5.75. The Morgan fingerprint density at radius 1 is 1.15 bits per heavy atom. The number of rotatable bonds is 5. The SMILES string of the molecule is COc1ccc(-c2ccn[nH]2)cc1Nc1nc(-c2sc(C)nc2C)cs1. The fourth-order valence-electron chi connectivity index (χ4n) is 2.71. The first-order valence-corrected chi connectivity index (χ1v) is 9.68. The summed E-state index contributed by atoms with van der Waals surface area (Å²) in [4.78, 5) is 10.3. The summed E-state index contributed by atoms with van der Waals surface area (Å²) in [5.74, 6) is 0.759. The minimum absolute atomic E-state index is 0.759. The second-order valence-corrected chi connectivity index (χ2v) is 7.76. The van der Waals surface area contributed by atoms with Crippen LogP contribution in [0.2, 0.25) is 0 Å². The van der Waals surface area contributed by atoms with Gasteiger partial charge >= 0.3 is 0 Å². The van der Waals surface area contributed by atoms with Crippen LogP contribution >= 0.6 is 22.7 Å². The predicted octanol–water partition coefficient (Wildman–Crippen LogP) is 5.03. The summed E-state index contributed by atoms with van der Waals surface area (Å²) in [7, 11) is 1.66. The number of aryl methyl sites for hydroxylation is 2. The molecule has 6 nitrogen and oxygen atoms in total. The maximum Gasteiger partial charge on any atom is 0.187 e. The number of nitrogens with zero attached hydrogens (tertiary/aromatic N) is 3. The molecule has 8 heteroatoms. The molecule has 2 N–H and O–H groups in total. The second kappa shape index (κ2) is 6.89. The molecule has 0 atom stereocenters. The van der Waals surface area contributed by atoms with Gasteiger partial charge < -0.3 is 10.1 Å². The number of methoxy groups -OCH3 is 1. The summed E-state index contributed by atoms with van der Waals surface area (Å²) in [6.45, 7) is 4.03. The van der Waals surface area contributed by atoms with Crippen molar-refractivity contribution in [3.63, 3.8) is 0 Å². The van der Waals surface area contributed by atoms with Crippen LogP contribution in [0, 0.1) is 13.8 Å². The van der Waals surface area contributed by atoms with Crippen LogP contribution in [0.4, 0.5) is 10.8 Å². The Balaban J connectivity index is 1.65. The van der Waals surface area contributed by atoms with Crippen molar-refractivity contribution >= 4 is 33.5 Å². The molecule has 3 heterocycles. The molecular formula is C18H17N5OS2. The average molecular weight is 384 g/mol. The molecule has 0 radical (unpaired) electrons. The van der Waals surface area contributed by atoms with Crippen LogP contribution < -0.4 is 10.1 Å². The highest BCUT2D eigenvalue weighted by Crippen LogP contribution is 2.36. The van der Waals surface area contributed by atoms with E-state index in [1.165, 1.54) is 0 Å². The van der Waals surface area contributed by atoms with E-state index in [1.54, 1.807) is 36.0 Å². The molecule has 0 fully saturated rings. The van der Waals surface area contributed by atoms with Gasteiger partial charge in [0.2, 0.25) is 0 Å². The number of thiazole rings is 2. The number of anilines is 2. The number of H-pyrrole nitrogens is 1. The molecule has 132 valence electrons. The average Bonchev–Trinajstić information content (AvgIpc) is 3.36. The van der Waals surface area contributed by atoms with Crippen LogP contribution in [0.25, 0.3) is 21.8 Å². The van der Waals surface area contributed by atoms with Crippen molar-refractivity contribution in [3.8, 4) is 27.6 Å². The van der Waals surface area contributed by atoms with Gasteiger partial charge in [-0.2, -0.15) is 5.10 Å². The van der Waals surface area contributed by atoms with Gasteiger partial charge in [-0.25, -0.2) is 9.97 Å². The van der Waals surface area contributed by atoms with E-state index in [-0.39, 0.29) is 0 Å². The lowest BCUT2D eigenvalue weighted by atomic mass is 10.1. The van der Waals surface area contributed by atoms with E-state index < -0.39 is 0 Å². The lowest BCUT2D eigenvalue weighted by Gasteiger charge is -2.10. The normalized spacial score (nSPS) is 10.9. The van der Waals surface area contributed by atoms with Crippen molar-refractivity contribution in [1.29, 1.82) is 0 Å². The van der Waals surface area contributed by atoms with Crippen molar-refractivity contribution < 1.29 is 4.74 Å². The first kappa shape index (κ1) is 16.7. The molecule has 0 aliphatic carbocycles. The first-order valence-electron chi connectivity index (χ1n) is 7.99. The van der Waals surface area contributed by atoms with E-state index in [4.69, 9.17) is 9.72 Å². The van der Waals surface area contributed by atoms with Gasteiger partial charge in [0.1, 0.15) is 5.75 Å². The molecule has 0 amide bonds. The molecule has 26 heavy (non-hydrogen) atoms. The number of benzene rings is 1. The first-order chi connectivity index (χ1) is 12.6. The number of hydrogen-bond donors (Lipinski definition) is 2. The quantitative estimate of drug-likeness (QED) is 0.506. The Morgan fingerprint density at radius 3 is 2.73 bits per heavy atom. The fourth-order valence-corrected chi connectivity index (χ4v) is 4.38. The monoisotopic (exact) mass is 383 g/mol. The molecule has 0 aliphatic rings. The summed E-state index contributed by atoms with van der Waals surface area (Å²) in [5, 5.41) is 14.3. The summed E-state index contributed by atoms with van der Waals surface area (Å²) in [5.41, 5.74) is 4.80. The van der Waals surface area contributed by atoms with E-state index in [9.17, 15) is 0 Å². The molecule has 1 aromatic carbocycles. The minimum atomic E-state index is 0.759. The number of aromatic amines is 1. The standard InChI is InChI=1S/C18H17N5OS2/c1-10-17(26-11(2)20-10)15-9-25-18(22-15)21-14-8-12(4-5-16(14)24-3)13-6-7-19-23-13/h4-9H,1-3H3,(H,19,23)(H,21,22). The fraction of sp³-hybridized carbons (Fsp3) is 0.167. The highest BCUT2D eigenvalue weighted by molar-refractivity contribution is 7.16. The van der Waals surface area contributed by atoms with Gasteiger partial charge in [0, 0.05) is 17.1 Å². The molecule has 0 spiro atoms. The zero-order valence-corrected chi connectivity index (χ0v) is 16.2. The Hall–Kier alpha value is -2.71. The largest absolute Gasteiger partial charge is 0.495 e. The van der Waals surface area contributed by atoms with Gasteiger partial charge in [-0.1, -0.05) is 0 Å².